The van der Waals surface area contributed by atoms with Crippen molar-refractivity contribution in [1.82, 2.24) is 4.98 Å². The van der Waals surface area contributed by atoms with Gasteiger partial charge in [0.2, 0.25) is 0 Å². The summed E-state index contributed by atoms with van der Waals surface area (Å²) in [6.07, 6.45) is 1.43. The van der Waals surface area contributed by atoms with Crippen LogP contribution in [0.25, 0.3) is 0 Å². The Hall–Kier alpha value is -1.79. The number of rotatable bonds is 5. The van der Waals surface area contributed by atoms with E-state index in [-0.39, 0.29) is 0 Å². The molecule has 2 N–H and O–H groups in total. The van der Waals surface area contributed by atoms with E-state index in [1.54, 1.807) is 24.3 Å². The standard InChI is InChI=1S/C12H11ClN2O3S/c1-18-8-5-3-2-4-7(8)15-10(12(16)17)11-14-6-9(13)19-11/h2-6,10,15H,1H3,(H,16,17). The maximum Gasteiger partial charge on any atom is 0.333 e. The predicted octanol–water partition coefficient (Wildman–Crippen LogP) is 3.04. The maximum absolute atomic E-state index is 11.3. The lowest BCUT2D eigenvalue weighted by Gasteiger charge is -2.15. The number of aliphatic carboxylic acids is 1. The molecule has 0 bridgehead atoms. The van der Waals surface area contributed by atoms with Crippen molar-refractivity contribution in [3.8, 4) is 5.75 Å². The van der Waals surface area contributed by atoms with Gasteiger partial charge in [-0.05, 0) is 12.1 Å². The van der Waals surface area contributed by atoms with Gasteiger partial charge in [-0.2, -0.15) is 0 Å². The second kappa shape index (κ2) is 5.90. The Morgan fingerprint density at radius 2 is 2.26 bits per heavy atom. The van der Waals surface area contributed by atoms with Crippen molar-refractivity contribution in [2.45, 2.75) is 6.04 Å². The number of ether oxygens (including phenoxy) is 1. The number of thiazole rings is 1. The molecular weight excluding hydrogens is 288 g/mol. The van der Waals surface area contributed by atoms with E-state index in [2.05, 4.69) is 10.3 Å². The summed E-state index contributed by atoms with van der Waals surface area (Å²) in [5, 5.41) is 12.6. The van der Waals surface area contributed by atoms with Crippen molar-refractivity contribution in [3.63, 3.8) is 0 Å². The van der Waals surface area contributed by atoms with E-state index in [9.17, 15) is 9.90 Å². The smallest absolute Gasteiger partial charge is 0.333 e. The second-order valence-corrected chi connectivity index (χ2v) is 5.31. The fourth-order valence-electron chi connectivity index (χ4n) is 1.55. The highest BCUT2D eigenvalue weighted by Crippen LogP contribution is 2.30. The summed E-state index contributed by atoms with van der Waals surface area (Å²) >= 11 is 6.91. The molecule has 7 heteroatoms. The van der Waals surface area contributed by atoms with E-state index in [1.165, 1.54) is 13.3 Å². The number of carboxylic acid groups (broad SMARTS) is 1. The Morgan fingerprint density at radius 1 is 1.53 bits per heavy atom. The first-order chi connectivity index (χ1) is 9.11. The Kier molecular flexibility index (Phi) is 4.24. The first-order valence-corrected chi connectivity index (χ1v) is 6.55. The molecule has 2 rings (SSSR count). The average molecular weight is 299 g/mol. The summed E-state index contributed by atoms with van der Waals surface area (Å²) in [6, 6.07) is 6.12. The molecule has 0 aliphatic carbocycles. The lowest BCUT2D eigenvalue weighted by molar-refractivity contribution is -0.138. The molecule has 0 fully saturated rings. The zero-order valence-electron chi connectivity index (χ0n) is 9.96. The van der Waals surface area contributed by atoms with E-state index in [0.717, 1.165) is 11.3 Å². The molecule has 1 unspecified atom stereocenters. The second-order valence-electron chi connectivity index (χ2n) is 3.62. The number of aromatic nitrogens is 1. The van der Waals surface area contributed by atoms with Crippen molar-refractivity contribution >= 4 is 34.6 Å². The number of carboxylic acids is 1. The van der Waals surface area contributed by atoms with E-state index in [4.69, 9.17) is 16.3 Å². The van der Waals surface area contributed by atoms with Crippen LogP contribution in [0.1, 0.15) is 11.0 Å². The maximum atomic E-state index is 11.3. The topological polar surface area (TPSA) is 71.5 Å². The molecule has 1 atom stereocenters. The van der Waals surface area contributed by atoms with Gasteiger partial charge < -0.3 is 15.2 Å². The van der Waals surface area contributed by atoms with E-state index >= 15 is 0 Å². The van der Waals surface area contributed by atoms with Gasteiger partial charge in [-0.15, -0.1) is 11.3 Å². The number of nitrogens with zero attached hydrogens (tertiary/aromatic N) is 1. The summed E-state index contributed by atoms with van der Waals surface area (Å²) in [4.78, 5) is 15.3. The molecule has 1 aromatic carbocycles. The molecule has 0 saturated heterocycles. The number of benzene rings is 1. The molecule has 1 aromatic heterocycles. The van der Waals surface area contributed by atoms with Crippen molar-refractivity contribution in [2.24, 2.45) is 0 Å². The summed E-state index contributed by atoms with van der Waals surface area (Å²) in [5.41, 5.74) is 0.587. The molecule has 100 valence electrons. The van der Waals surface area contributed by atoms with Crippen LogP contribution in [0, 0.1) is 0 Å². The highest BCUT2D eigenvalue weighted by atomic mass is 35.5. The highest BCUT2D eigenvalue weighted by Gasteiger charge is 2.24. The molecule has 0 spiro atoms. The van der Waals surface area contributed by atoms with Gasteiger partial charge in [-0.3, -0.25) is 0 Å². The third kappa shape index (κ3) is 3.15. The summed E-state index contributed by atoms with van der Waals surface area (Å²) in [6.45, 7) is 0. The minimum Gasteiger partial charge on any atom is -0.495 e. The number of carbonyl (C=O) groups is 1. The van der Waals surface area contributed by atoms with Gasteiger partial charge in [0.25, 0.3) is 0 Å². The van der Waals surface area contributed by atoms with Crippen molar-refractivity contribution < 1.29 is 14.6 Å². The van der Waals surface area contributed by atoms with Crippen LogP contribution in [-0.2, 0) is 4.79 Å². The largest absolute Gasteiger partial charge is 0.495 e. The van der Waals surface area contributed by atoms with E-state index in [0.29, 0.717) is 20.8 Å². The zero-order valence-corrected chi connectivity index (χ0v) is 11.5. The highest BCUT2D eigenvalue weighted by molar-refractivity contribution is 7.16. The average Bonchev–Trinajstić information content (AvgIpc) is 2.82. The predicted molar refractivity (Wildman–Crippen MR) is 74.1 cm³/mol. The van der Waals surface area contributed by atoms with Gasteiger partial charge >= 0.3 is 5.97 Å². The van der Waals surface area contributed by atoms with Gasteiger partial charge in [0, 0.05) is 0 Å². The Bertz CT molecular complexity index is 588. The number of para-hydroxylation sites is 2. The van der Waals surface area contributed by atoms with E-state index in [1.807, 2.05) is 0 Å². The van der Waals surface area contributed by atoms with Gasteiger partial charge in [0.05, 0.1) is 19.0 Å². The van der Waals surface area contributed by atoms with Gasteiger partial charge in [-0.1, -0.05) is 23.7 Å². The van der Waals surface area contributed by atoms with Gasteiger partial charge in [0.15, 0.2) is 6.04 Å². The number of hydrogen-bond donors (Lipinski definition) is 2. The first-order valence-electron chi connectivity index (χ1n) is 5.35. The van der Waals surface area contributed by atoms with Gasteiger partial charge in [-0.25, -0.2) is 9.78 Å². The molecule has 2 aromatic rings. The monoisotopic (exact) mass is 298 g/mol. The number of nitrogens with one attached hydrogen (secondary N) is 1. The number of methoxy groups -OCH3 is 1. The zero-order chi connectivity index (χ0) is 13.8. The molecule has 0 radical (unpaired) electrons. The Morgan fingerprint density at radius 3 is 2.84 bits per heavy atom. The lowest BCUT2D eigenvalue weighted by atomic mass is 10.2. The van der Waals surface area contributed by atoms with E-state index < -0.39 is 12.0 Å². The Labute approximate surface area is 118 Å². The third-order valence-corrected chi connectivity index (χ3v) is 3.58. The summed E-state index contributed by atoms with van der Waals surface area (Å²) < 4.78 is 5.62. The van der Waals surface area contributed by atoms with Crippen LogP contribution in [0.4, 0.5) is 5.69 Å². The van der Waals surface area contributed by atoms with Crippen LogP contribution >= 0.6 is 22.9 Å². The van der Waals surface area contributed by atoms with Crippen LogP contribution in [0.3, 0.4) is 0 Å². The van der Waals surface area contributed by atoms with Gasteiger partial charge in [0.1, 0.15) is 15.1 Å². The number of hydrogen-bond acceptors (Lipinski definition) is 5. The van der Waals surface area contributed by atoms with Crippen LogP contribution in [0.2, 0.25) is 4.34 Å². The summed E-state index contributed by atoms with van der Waals surface area (Å²) in [7, 11) is 1.52. The van der Waals surface area contributed by atoms with Crippen LogP contribution in [0.15, 0.2) is 30.5 Å². The Balaban J connectivity index is 2.29. The third-order valence-electron chi connectivity index (χ3n) is 2.40. The molecule has 0 aliphatic rings. The molecule has 0 amide bonds. The van der Waals surface area contributed by atoms with Crippen molar-refractivity contribution in [2.75, 3.05) is 12.4 Å². The van der Waals surface area contributed by atoms with Crippen LogP contribution < -0.4 is 10.1 Å². The first kappa shape index (κ1) is 13.6. The molecule has 19 heavy (non-hydrogen) atoms. The van der Waals surface area contributed by atoms with Crippen molar-refractivity contribution in [1.29, 1.82) is 0 Å². The number of anilines is 1. The summed E-state index contributed by atoms with van der Waals surface area (Å²) in [5.74, 6) is -0.465. The SMILES string of the molecule is COc1ccccc1NC(C(=O)O)c1ncc(Cl)s1. The van der Waals surface area contributed by atoms with Crippen molar-refractivity contribution in [3.05, 3.63) is 39.8 Å². The molecule has 5 nitrogen and oxygen atoms in total. The minimum atomic E-state index is -1.03. The minimum absolute atomic E-state index is 0.392. The lowest BCUT2D eigenvalue weighted by Crippen LogP contribution is -2.20. The fraction of sp³-hybridized carbons (Fsp3) is 0.167. The molecule has 1 heterocycles. The quantitative estimate of drug-likeness (QED) is 0.888. The fourth-order valence-corrected chi connectivity index (χ4v) is 2.52. The molecule has 0 aliphatic heterocycles. The van der Waals surface area contributed by atoms with Crippen LogP contribution in [-0.4, -0.2) is 23.2 Å². The normalized spacial score (nSPS) is 11.9. The van der Waals surface area contributed by atoms with Crippen LogP contribution in [0.5, 0.6) is 5.75 Å². The molecule has 0 saturated carbocycles. The molecular formula is C12H11ClN2O3S. The number of halogens is 1.